The molecule has 3 unspecified atom stereocenters. The molecule has 22 heavy (non-hydrogen) atoms. The van der Waals surface area contributed by atoms with Crippen LogP contribution >= 0.6 is 0 Å². The van der Waals surface area contributed by atoms with Gasteiger partial charge in [0.15, 0.2) is 11.5 Å². The average molecular weight is 310 g/mol. The predicted molar refractivity (Wildman–Crippen MR) is 80.4 cm³/mol. The first kappa shape index (κ1) is 16.3. The van der Waals surface area contributed by atoms with Crippen LogP contribution in [0.25, 0.3) is 0 Å². The van der Waals surface area contributed by atoms with Crippen LogP contribution in [-0.4, -0.2) is 33.3 Å². The number of methoxy groups -OCH3 is 3. The molecule has 1 aromatic carbocycles. The Hall–Kier alpha value is -2.03. The highest BCUT2D eigenvalue weighted by molar-refractivity contribution is 5.80. The van der Waals surface area contributed by atoms with Gasteiger partial charge in [0.1, 0.15) is 0 Å². The van der Waals surface area contributed by atoms with Crippen LogP contribution in [0.3, 0.4) is 0 Å². The first-order valence-electron chi connectivity index (χ1n) is 6.88. The number of ether oxygens (including phenoxy) is 3. The molecular weight excluding hydrogens is 288 g/mol. The third-order valence-electron chi connectivity index (χ3n) is 3.86. The lowest BCUT2D eigenvalue weighted by molar-refractivity contribution is -0.125. The molecule has 1 saturated heterocycles. The summed E-state index contributed by atoms with van der Waals surface area (Å²) < 4.78 is 16.0. The highest BCUT2D eigenvalue weighted by Crippen LogP contribution is 2.41. The Kier molecular flexibility index (Phi) is 5.07. The van der Waals surface area contributed by atoms with Gasteiger partial charge in [0.25, 0.3) is 0 Å². The van der Waals surface area contributed by atoms with Crippen molar-refractivity contribution >= 4 is 5.91 Å². The lowest BCUT2D eigenvalue weighted by Crippen LogP contribution is -2.41. The maximum atomic E-state index is 12.0. The van der Waals surface area contributed by atoms with Crippen molar-refractivity contribution in [3.05, 3.63) is 17.7 Å². The van der Waals surface area contributed by atoms with Crippen molar-refractivity contribution in [2.75, 3.05) is 21.3 Å². The highest BCUT2D eigenvalue weighted by atomic mass is 16.5. The number of hydrogen-bond donors (Lipinski definition) is 4. The van der Waals surface area contributed by atoms with Gasteiger partial charge in [-0.2, -0.15) is 0 Å². The van der Waals surface area contributed by atoms with E-state index in [1.807, 2.05) is 19.1 Å². The van der Waals surface area contributed by atoms with Crippen LogP contribution in [0.4, 0.5) is 0 Å². The molecule has 0 aliphatic carbocycles. The molecular formula is C14H22N4O4. The normalized spacial score (nSPS) is 24.0. The minimum atomic E-state index is -0.368. The van der Waals surface area contributed by atoms with E-state index in [4.69, 9.17) is 20.1 Å². The monoisotopic (exact) mass is 310 g/mol. The van der Waals surface area contributed by atoms with Gasteiger partial charge in [-0.05, 0) is 24.6 Å². The van der Waals surface area contributed by atoms with E-state index in [1.165, 1.54) is 0 Å². The van der Waals surface area contributed by atoms with Crippen LogP contribution < -0.4 is 36.3 Å². The molecule has 2 rings (SSSR count). The van der Waals surface area contributed by atoms with Gasteiger partial charge in [-0.3, -0.25) is 15.6 Å². The Bertz CT molecular complexity index is 527. The molecule has 0 radical (unpaired) electrons. The molecule has 1 amide bonds. The lowest BCUT2D eigenvalue weighted by atomic mass is 9.89. The van der Waals surface area contributed by atoms with Gasteiger partial charge in [0, 0.05) is 6.04 Å². The number of hydrazine groups is 2. The molecule has 0 spiro atoms. The van der Waals surface area contributed by atoms with Crippen molar-refractivity contribution in [1.29, 1.82) is 0 Å². The van der Waals surface area contributed by atoms with Gasteiger partial charge in [0.2, 0.25) is 11.7 Å². The third kappa shape index (κ3) is 2.80. The van der Waals surface area contributed by atoms with Crippen molar-refractivity contribution in [3.8, 4) is 17.2 Å². The molecule has 0 bridgehead atoms. The summed E-state index contributed by atoms with van der Waals surface area (Å²) in [5.74, 6) is 6.25. The fraction of sp³-hybridized carbons (Fsp3) is 0.500. The zero-order chi connectivity index (χ0) is 16.3. The average Bonchev–Trinajstić information content (AvgIpc) is 2.94. The minimum absolute atomic E-state index is 0.0763. The molecule has 1 aliphatic heterocycles. The molecule has 1 aromatic rings. The molecule has 3 atom stereocenters. The second-order valence-corrected chi connectivity index (χ2v) is 5.05. The molecule has 1 aliphatic rings. The number of amides is 1. The smallest absolute Gasteiger partial charge is 0.240 e. The van der Waals surface area contributed by atoms with Crippen molar-refractivity contribution in [2.45, 2.75) is 19.0 Å². The van der Waals surface area contributed by atoms with E-state index in [-0.39, 0.29) is 23.9 Å². The van der Waals surface area contributed by atoms with Crippen LogP contribution in [0.15, 0.2) is 12.1 Å². The number of carbonyl (C=O) groups excluding carboxylic acids is 1. The number of nitrogens with two attached hydrogens (primary N) is 1. The fourth-order valence-electron chi connectivity index (χ4n) is 2.74. The van der Waals surface area contributed by atoms with Gasteiger partial charge in [-0.15, -0.1) is 0 Å². The summed E-state index contributed by atoms with van der Waals surface area (Å²) in [6, 6.07) is 3.28. The largest absolute Gasteiger partial charge is 0.493 e. The van der Waals surface area contributed by atoms with E-state index < -0.39 is 0 Å². The lowest BCUT2D eigenvalue weighted by Gasteiger charge is -2.21. The summed E-state index contributed by atoms with van der Waals surface area (Å²) in [5.41, 5.74) is 9.21. The summed E-state index contributed by atoms with van der Waals surface area (Å²) in [4.78, 5) is 12.0. The predicted octanol–water partition coefficient (Wildman–Crippen LogP) is -0.144. The molecule has 0 saturated carbocycles. The SMILES string of the molecule is COc1cc(C2NNC(C)C2C(=O)NN)cc(OC)c1OC. The fourth-order valence-corrected chi connectivity index (χ4v) is 2.74. The number of nitrogens with one attached hydrogen (secondary N) is 3. The Morgan fingerprint density at radius 1 is 1.14 bits per heavy atom. The summed E-state index contributed by atoms with van der Waals surface area (Å²) in [7, 11) is 4.64. The maximum absolute atomic E-state index is 12.0. The third-order valence-corrected chi connectivity index (χ3v) is 3.86. The van der Waals surface area contributed by atoms with E-state index in [0.29, 0.717) is 17.2 Å². The Morgan fingerprint density at radius 3 is 2.18 bits per heavy atom. The topological polar surface area (TPSA) is 107 Å². The zero-order valence-electron chi connectivity index (χ0n) is 13.1. The Morgan fingerprint density at radius 2 is 1.73 bits per heavy atom. The number of rotatable bonds is 5. The second kappa shape index (κ2) is 6.82. The molecule has 0 aromatic heterocycles. The molecule has 8 heteroatoms. The van der Waals surface area contributed by atoms with E-state index in [0.717, 1.165) is 5.56 Å². The Balaban J connectivity index is 2.45. The summed E-state index contributed by atoms with van der Waals surface area (Å²) in [6.07, 6.45) is 0. The van der Waals surface area contributed by atoms with Crippen LogP contribution in [0, 0.1) is 5.92 Å². The van der Waals surface area contributed by atoms with Gasteiger partial charge in [-0.1, -0.05) is 0 Å². The summed E-state index contributed by atoms with van der Waals surface area (Å²) >= 11 is 0. The van der Waals surface area contributed by atoms with E-state index in [2.05, 4.69) is 16.3 Å². The van der Waals surface area contributed by atoms with Crippen LogP contribution in [-0.2, 0) is 4.79 Å². The van der Waals surface area contributed by atoms with E-state index in [1.54, 1.807) is 21.3 Å². The van der Waals surface area contributed by atoms with Crippen molar-refractivity contribution in [3.63, 3.8) is 0 Å². The maximum Gasteiger partial charge on any atom is 0.240 e. The van der Waals surface area contributed by atoms with Gasteiger partial charge in [0.05, 0.1) is 33.3 Å². The molecule has 8 nitrogen and oxygen atoms in total. The minimum Gasteiger partial charge on any atom is -0.493 e. The van der Waals surface area contributed by atoms with Crippen LogP contribution in [0.1, 0.15) is 18.5 Å². The number of benzene rings is 1. The molecule has 122 valence electrons. The zero-order valence-corrected chi connectivity index (χ0v) is 13.1. The van der Waals surface area contributed by atoms with Gasteiger partial charge >= 0.3 is 0 Å². The summed E-state index contributed by atoms with van der Waals surface area (Å²) in [5, 5.41) is 0. The van der Waals surface area contributed by atoms with E-state index in [9.17, 15) is 4.79 Å². The Labute approximate surface area is 129 Å². The number of hydrogen-bond acceptors (Lipinski definition) is 7. The van der Waals surface area contributed by atoms with Crippen molar-refractivity contribution in [2.24, 2.45) is 11.8 Å². The molecule has 1 fully saturated rings. The van der Waals surface area contributed by atoms with Crippen LogP contribution in [0.2, 0.25) is 0 Å². The highest BCUT2D eigenvalue weighted by Gasteiger charge is 2.39. The van der Waals surface area contributed by atoms with Crippen LogP contribution in [0.5, 0.6) is 17.2 Å². The second-order valence-electron chi connectivity index (χ2n) is 5.05. The van der Waals surface area contributed by atoms with Gasteiger partial charge < -0.3 is 14.2 Å². The summed E-state index contributed by atoms with van der Waals surface area (Å²) in [6.45, 7) is 1.91. The first-order valence-corrected chi connectivity index (χ1v) is 6.88. The molecule has 5 N–H and O–H groups in total. The van der Waals surface area contributed by atoms with Crippen molar-refractivity contribution in [1.82, 2.24) is 16.3 Å². The van der Waals surface area contributed by atoms with Gasteiger partial charge in [-0.25, -0.2) is 11.3 Å². The van der Waals surface area contributed by atoms with Crippen molar-refractivity contribution < 1.29 is 19.0 Å². The van der Waals surface area contributed by atoms with E-state index >= 15 is 0 Å². The standard InChI is InChI=1S/C14H22N4O4/c1-7-11(14(19)16-15)12(18-17-7)8-5-9(20-2)13(22-4)10(6-8)21-3/h5-7,11-12,17-18H,15H2,1-4H3,(H,16,19). The quantitative estimate of drug-likeness (QED) is 0.340. The molecule has 1 heterocycles. The first-order chi connectivity index (χ1) is 10.6. The number of carbonyl (C=O) groups is 1.